The predicted octanol–water partition coefficient (Wildman–Crippen LogP) is 2.14. The standard InChI is InChI=1S/C20H29N3O3/c1-15-17(6-12-26-15)19(25)23-11-10-21(2)20(14-23)7-5-18(24)22(9-8-20)13-16-3-4-16/h6,12,16H,3-5,7-11,13-14H2,1-2H3/t20-/m0/s1. The molecule has 0 bridgehead atoms. The molecule has 1 aromatic rings. The Morgan fingerprint density at radius 1 is 1.27 bits per heavy atom. The zero-order valence-corrected chi connectivity index (χ0v) is 15.9. The number of hydrogen-bond donors (Lipinski definition) is 0. The monoisotopic (exact) mass is 359 g/mol. The Kier molecular flexibility index (Phi) is 4.55. The Balaban J connectivity index is 1.49. The van der Waals surface area contributed by atoms with Crippen LogP contribution >= 0.6 is 0 Å². The number of hydrogen-bond acceptors (Lipinski definition) is 4. The molecule has 1 atom stereocenters. The fourth-order valence-electron chi connectivity index (χ4n) is 4.45. The minimum absolute atomic E-state index is 0.0501. The summed E-state index contributed by atoms with van der Waals surface area (Å²) in [4.78, 5) is 31.9. The SMILES string of the molecule is Cc1occc1C(=O)N1CCN(C)[C@]2(CCC(=O)N(CC3CC3)CC2)C1. The molecule has 0 aromatic carbocycles. The Morgan fingerprint density at radius 2 is 2.08 bits per heavy atom. The first-order valence-corrected chi connectivity index (χ1v) is 9.81. The number of rotatable bonds is 3. The van der Waals surface area contributed by atoms with Crippen LogP contribution in [0, 0.1) is 12.8 Å². The molecule has 0 radical (unpaired) electrons. The predicted molar refractivity (Wildman–Crippen MR) is 97.9 cm³/mol. The molecular weight excluding hydrogens is 330 g/mol. The number of carbonyl (C=O) groups is 2. The zero-order valence-electron chi connectivity index (χ0n) is 15.9. The highest BCUT2D eigenvalue weighted by Gasteiger charge is 2.44. The van der Waals surface area contributed by atoms with E-state index in [-0.39, 0.29) is 17.4 Å². The van der Waals surface area contributed by atoms with Crippen LogP contribution in [0.1, 0.15) is 48.2 Å². The molecule has 6 nitrogen and oxygen atoms in total. The van der Waals surface area contributed by atoms with Gasteiger partial charge in [0.25, 0.3) is 5.91 Å². The lowest BCUT2D eigenvalue weighted by atomic mass is 9.86. The van der Waals surface area contributed by atoms with Gasteiger partial charge in [-0.15, -0.1) is 0 Å². The molecule has 1 aliphatic carbocycles. The van der Waals surface area contributed by atoms with Crippen molar-refractivity contribution in [3.63, 3.8) is 0 Å². The van der Waals surface area contributed by atoms with Crippen LogP contribution in [0.15, 0.2) is 16.7 Å². The first-order valence-electron chi connectivity index (χ1n) is 9.81. The maximum Gasteiger partial charge on any atom is 0.257 e. The number of amides is 2. The third kappa shape index (κ3) is 3.27. The van der Waals surface area contributed by atoms with Crippen LogP contribution in [0.25, 0.3) is 0 Å². The van der Waals surface area contributed by atoms with E-state index >= 15 is 0 Å². The molecule has 0 N–H and O–H groups in total. The highest BCUT2D eigenvalue weighted by Crippen LogP contribution is 2.35. The maximum atomic E-state index is 13.0. The molecule has 0 unspecified atom stereocenters. The fraction of sp³-hybridized carbons (Fsp3) is 0.700. The van der Waals surface area contributed by atoms with E-state index in [4.69, 9.17) is 4.42 Å². The molecule has 3 aliphatic rings. The second-order valence-electron chi connectivity index (χ2n) is 8.30. The van der Waals surface area contributed by atoms with E-state index in [0.29, 0.717) is 24.3 Å². The van der Waals surface area contributed by atoms with Crippen molar-refractivity contribution in [1.82, 2.24) is 14.7 Å². The fourth-order valence-corrected chi connectivity index (χ4v) is 4.45. The molecular formula is C20H29N3O3. The van der Waals surface area contributed by atoms with Crippen LogP contribution in [-0.4, -0.2) is 71.8 Å². The van der Waals surface area contributed by atoms with E-state index in [0.717, 1.165) is 44.9 Å². The molecule has 6 heteroatoms. The van der Waals surface area contributed by atoms with Crippen LogP contribution in [0.2, 0.25) is 0 Å². The van der Waals surface area contributed by atoms with Crippen molar-refractivity contribution in [3.05, 3.63) is 23.7 Å². The van der Waals surface area contributed by atoms with Gasteiger partial charge in [-0.1, -0.05) is 0 Å². The summed E-state index contributed by atoms with van der Waals surface area (Å²) in [6, 6.07) is 1.76. The van der Waals surface area contributed by atoms with Crippen LogP contribution in [0.5, 0.6) is 0 Å². The summed E-state index contributed by atoms with van der Waals surface area (Å²) in [6.07, 6.45) is 6.47. The molecule has 2 saturated heterocycles. The highest BCUT2D eigenvalue weighted by atomic mass is 16.3. The van der Waals surface area contributed by atoms with Gasteiger partial charge in [-0.2, -0.15) is 0 Å². The second kappa shape index (κ2) is 6.72. The Morgan fingerprint density at radius 3 is 2.77 bits per heavy atom. The van der Waals surface area contributed by atoms with Crippen molar-refractivity contribution in [3.8, 4) is 0 Å². The lowest BCUT2D eigenvalue weighted by Gasteiger charge is -2.49. The van der Waals surface area contributed by atoms with E-state index in [1.807, 2.05) is 11.8 Å². The Hall–Kier alpha value is -1.82. The lowest BCUT2D eigenvalue weighted by molar-refractivity contribution is -0.130. The minimum atomic E-state index is -0.0977. The normalized spacial score (nSPS) is 27.8. The van der Waals surface area contributed by atoms with E-state index in [2.05, 4.69) is 16.8 Å². The van der Waals surface area contributed by atoms with Crippen molar-refractivity contribution in [2.45, 2.75) is 44.6 Å². The van der Waals surface area contributed by atoms with Crippen LogP contribution in [0.4, 0.5) is 0 Å². The summed E-state index contributed by atoms with van der Waals surface area (Å²) in [5.74, 6) is 1.74. The van der Waals surface area contributed by atoms with E-state index < -0.39 is 0 Å². The van der Waals surface area contributed by atoms with Crippen molar-refractivity contribution in [2.75, 3.05) is 39.8 Å². The van der Waals surface area contributed by atoms with E-state index in [1.54, 1.807) is 12.3 Å². The van der Waals surface area contributed by atoms with Crippen molar-refractivity contribution < 1.29 is 14.0 Å². The highest BCUT2D eigenvalue weighted by molar-refractivity contribution is 5.95. The third-order valence-corrected chi connectivity index (χ3v) is 6.56. The number of carbonyl (C=O) groups excluding carboxylic acids is 2. The number of furan rings is 1. The molecule has 1 spiro atoms. The summed E-state index contributed by atoms with van der Waals surface area (Å²) < 4.78 is 5.32. The summed E-state index contributed by atoms with van der Waals surface area (Å²) in [6.45, 7) is 5.83. The maximum absolute atomic E-state index is 13.0. The van der Waals surface area contributed by atoms with E-state index in [9.17, 15) is 9.59 Å². The van der Waals surface area contributed by atoms with Gasteiger partial charge in [0.2, 0.25) is 5.91 Å². The van der Waals surface area contributed by atoms with Gasteiger partial charge in [0.15, 0.2) is 0 Å². The van der Waals surface area contributed by atoms with Crippen molar-refractivity contribution in [1.29, 1.82) is 0 Å². The second-order valence-corrected chi connectivity index (χ2v) is 8.30. The molecule has 1 saturated carbocycles. The molecule has 1 aromatic heterocycles. The summed E-state index contributed by atoms with van der Waals surface area (Å²) in [5, 5.41) is 0. The number of likely N-dealkylation sites (tertiary alicyclic amines) is 1. The average Bonchev–Trinajstić information content (AvgIpc) is 3.38. The van der Waals surface area contributed by atoms with Gasteiger partial charge in [-0.05, 0) is 51.6 Å². The minimum Gasteiger partial charge on any atom is -0.469 e. The smallest absolute Gasteiger partial charge is 0.257 e. The molecule has 3 fully saturated rings. The lowest BCUT2D eigenvalue weighted by Crippen LogP contribution is -2.62. The van der Waals surface area contributed by atoms with Crippen molar-refractivity contribution in [2.24, 2.45) is 5.92 Å². The molecule has 4 rings (SSSR count). The quantitative estimate of drug-likeness (QED) is 0.830. The number of likely N-dealkylation sites (N-methyl/N-ethyl adjacent to an activating group) is 1. The first kappa shape index (κ1) is 17.6. The Bertz CT molecular complexity index is 696. The average molecular weight is 359 g/mol. The van der Waals surface area contributed by atoms with E-state index in [1.165, 1.54) is 12.8 Å². The molecule has 26 heavy (non-hydrogen) atoms. The number of aryl methyl sites for hydroxylation is 1. The summed E-state index contributed by atoms with van der Waals surface area (Å²) >= 11 is 0. The molecule has 3 heterocycles. The van der Waals surface area contributed by atoms with Crippen LogP contribution < -0.4 is 0 Å². The van der Waals surface area contributed by atoms with Gasteiger partial charge in [-0.3, -0.25) is 14.5 Å². The zero-order chi connectivity index (χ0) is 18.3. The topological polar surface area (TPSA) is 57.0 Å². The van der Waals surface area contributed by atoms with Crippen LogP contribution in [0.3, 0.4) is 0 Å². The first-order chi connectivity index (χ1) is 12.5. The van der Waals surface area contributed by atoms with Gasteiger partial charge < -0.3 is 14.2 Å². The third-order valence-electron chi connectivity index (χ3n) is 6.56. The largest absolute Gasteiger partial charge is 0.469 e. The number of piperazine rings is 1. The molecule has 2 amide bonds. The Labute approximate surface area is 155 Å². The molecule has 142 valence electrons. The van der Waals surface area contributed by atoms with Gasteiger partial charge in [0.05, 0.1) is 11.8 Å². The summed E-state index contributed by atoms with van der Waals surface area (Å²) in [7, 11) is 2.14. The van der Waals surface area contributed by atoms with Crippen LogP contribution in [-0.2, 0) is 4.79 Å². The summed E-state index contributed by atoms with van der Waals surface area (Å²) in [5.41, 5.74) is 0.559. The van der Waals surface area contributed by atoms with Gasteiger partial charge in [0.1, 0.15) is 5.76 Å². The molecule has 2 aliphatic heterocycles. The number of nitrogens with zero attached hydrogens (tertiary/aromatic N) is 3. The van der Waals surface area contributed by atoms with Gasteiger partial charge >= 0.3 is 0 Å². The van der Waals surface area contributed by atoms with Gasteiger partial charge in [-0.25, -0.2) is 0 Å². The van der Waals surface area contributed by atoms with Gasteiger partial charge in [0, 0.05) is 44.7 Å². The van der Waals surface area contributed by atoms with Crippen molar-refractivity contribution >= 4 is 11.8 Å².